The molecule has 4 nitrogen and oxygen atoms in total. The number of hydrogen-bond acceptors (Lipinski definition) is 4. The quantitative estimate of drug-likeness (QED) is 0.487. The number of fused-ring (bicyclic) bond motifs is 1. The first-order valence-electron chi connectivity index (χ1n) is 6.84. The molecule has 0 saturated heterocycles. The molecule has 112 valence electrons. The highest BCUT2D eigenvalue weighted by Crippen LogP contribution is 2.43. The average Bonchev–Trinajstić information content (AvgIpc) is 2.71. The minimum atomic E-state index is -1.64. The van der Waals surface area contributed by atoms with Crippen molar-refractivity contribution in [3.05, 3.63) is 42.0 Å². The molecular formula is C17H20O4. The van der Waals surface area contributed by atoms with Gasteiger partial charge in [-0.3, -0.25) is 4.79 Å². The molecule has 0 aliphatic carbocycles. The third kappa shape index (κ3) is 2.24. The number of carbonyl (C=O) groups excluding carboxylic acids is 2. The topological polar surface area (TPSA) is 52.6 Å². The van der Waals surface area contributed by atoms with E-state index >= 15 is 0 Å². The molecule has 21 heavy (non-hydrogen) atoms. The van der Waals surface area contributed by atoms with Crippen molar-refractivity contribution in [1.82, 2.24) is 0 Å². The molecule has 1 unspecified atom stereocenters. The molecule has 1 heterocycles. The number of esters is 1. The molecule has 1 atom stereocenters. The zero-order valence-electron chi connectivity index (χ0n) is 12.9. The van der Waals surface area contributed by atoms with Crippen LogP contribution in [0.15, 0.2) is 30.9 Å². The second-order valence-corrected chi connectivity index (χ2v) is 6.17. The van der Waals surface area contributed by atoms with E-state index in [1.807, 2.05) is 32.9 Å². The molecule has 0 fully saturated rings. The van der Waals surface area contributed by atoms with Crippen molar-refractivity contribution in [1.29, 1.82) is 0 Å². The fourth-order valence-corrected chi connectivity index (χ4v) is 2.63. The van der Waals surface area contributed by atoms with Crippen LogP contribution in [-0.4, -0.2) is 24.5 Å². The largest absolute Gasteiger partial charge is 0.466 e. The second-order valence-electron chi connectivity index (χ2n) is 6.17. The van der Waals surface area contributed by atoms with Crippen LogP contribution in [0.5, 0.6) is 5.75 Å². The van der Waals surface area contributed by atoms with E-state index in [-0.39, 0.29) is 17.6 Å². The minimum Gasteiger partial charge on any atom is -0.466 e. The van der Waals surface area contributed by atoms with Gasteiger partial charge in [0.25, 0.3) is 5.60 Å². The number of ketones is 1. The third-order valence-electron chi connectivity index (χ3n) is 3.66. The van der Waals surface area contributed by atoms with E-state index in [1.165, 1.54) is 13.2 Å². The van der Waals surface area contributed by atoms with Crippen molar-refractivity contribution in [2.75, 3.05) is 7.11 Å². The molecular weight excluding hydrogens is 268 g/mol. The number of rotatable bonds is 3. The van der Waals surface area contributed by atoms with Gasteiger partial charge in [-0.05, 0) is 17.0 Å². The van der Waals surface area contributed by atoms with Gasteiger partial charge in [-0.15, -0.1) is 6.58 Å². The number of carbonyl (C=O) groups is 2. The molecule has 1 aliphatic heterocycles. The SMILES string of the molecule is C=CCC1(C(=O)OC)Oc2cccc(C(C)(C)C)c2C1=O. The van der Waals surface area contributed by atoms with Crippen LogP contribution in [0.2, 0.25) is 0 Å². The monoisotopic (exact) mass is 288 g/mol. The summed E-state index contributed by atoms with van der Waals surface area (Å²) >= 11 is 0. The number of hydrogen-bond donors (Lipinski definition) is 0. The second kappa shape index (κ2) is 5.02. The van der Waals surface area contributed by atoms with Gasteiger partial charge in [0.05, 0.1) is 12.7 Å². The van der Waals surface area contributed by atoms with Gasteiger partial charge in [-0.25, -0.2) is 4.79 Å². The van der Waals surface area contributed by atoms with Crippen molar-refractivity contribution < 1.29 is 19.1 Å². The molecule has 1 aliphatic rings. The van der Waals surface area contributed by atoms with Gasteiger partial charge in [0.15, 0.2) is 0 Å². The molecule has 0 spiro atoms. The predicted molar refractivity (Wildman–Crippen MR) is 79.7 cm³/mol. The summed E-state index contributed by atoms with van der Waals surface area (Å²) in [6, 6.07) is 5.42. The molecule has 0 aromatic heterocycles. The van der Waals surface area contributed by atoms with Gasteiger partial charge < -0.3 is 9.47 Å². The summed E-state index contributed by atoms with van der Waals surface area (Å²) in [7, 11) is 1.25. The van der Waals surface area contributed by atoms with Crippen molar-refractivity contribution in [2.24, 2.45) is 0 Å². The van der Waals surface area contributed by atoms with E-state index in [2.05, 4.69) is 6.58 Å². The predicted octanol–water partition coefficient (Wildman–Crippen LogP) is 3.05. The van der Waals surface area contributed by atoms with Crippen molar-refractivity contribution in [3.63, 3.8) is 0 Å². The van der Waals surface area contributed by atoms with Crippen LogP contribution in [0, 0.1) is 0 Å². The Labute approximate surface area is 124 Å². The summed E-state index contributed by atoms with van der Waals surface area (Å²) in [6.45, 7) is 9.66. The fraction of sp³-hybridized carbons (Fsp3) is 0.412. The Bertz CT molecular complexity index is 610. The highest BCUT2D eigenvalue weighted by Gasteiger charge is 2.55. The van der Waals surface area contributed by atoms with Crippen LogP contribution < -0.4 is 4.74 Å². The lowest BCUT2D eigenvalue weighted by Crippen LogP contribution is -2.48. The zero-order valence-corrected chi connectivity index (χ0v) is 12.9. The highest BCUT2D eigenvalue weighted by molar-refractivity contribution is 6.20. The van der Waals surface area contributed by atoms with Crippen molar-refractivity contribution >= 4 is 11.8 Å². The molecule has 1 aromatic carbocycles. The first-order valence-corrected chi connectivity index (χ1v) is 6.84. The maximum atomic E-state index is 12.9. The summed E-state index contributed by atoms with van der Waals surface area (Å²) in [6.07, 6.45) is 1.58. The molecule has 0 radical (unpaired) electrons. The van der Waals surface area contributed by atoms with Crippen LogP contribution in [0.1, 0.15) is 43.1 Å². The van der Waals surface area contributed by atoms with E-state index in [4.69, 9.17) is 9.47 Å². The lowest BCUT2D eigenvalue weighted by Gasteiger charge is -2.23. The van der Waals surface area contributed by atoms with Gasteiger partial charge in [0, 0.05) is 6.42 Å². The molecule has 0 bridgehead atoms. The molecule has 0 amide bonds. The first-order chi connectivity index (χ1) is 9.78. The van der Waals surface area contributed by atoms with Gasteiger partial charge in [-0.2, -0.15) is 0 Å². The number of Topliss-reactive ketones (excluding diaryl/α,β-unsaturated/α-hetero) is 1. The van der Waals surface area contributed by atoms with E-state index in [0.717, 1.165) is 5.56 Å². The summed E-state index contributed by atoms with van der Waals surface area (Å²) in [5.41, 5.74) is -0.539. The summed E-state index contributed by atoms with van der Waals surface area (Å²) < 4.78 is 10.5. The van der Waals surface area contributed by atoms with Crippen molar-refractivity contribution in [2.45, 2.75) is 38.2 Å². The number of methoxy groups -OCH3 is 1. The maximum absolute atomic E-state index is 12.9. The zero-order chi connectivity index (χ0) is 15.8. The van der Waals surface area contributed by atoms with Gasteiger partial charge in [0.1, 0.15) is 5.75 Å². The van der Waals surface area contributed by atoms with Gasteiger partial charge in [-0.1, -0.05) is 39.0 Å². The lowest BCUT2D eigenvalue weighted by molar-refractivity contribution is -0.153. The summed E-state index contributed by atoms with van der Waals surface area (Å²) in [5.74, 6) is -0.613. The van der Waals surface area contributed by atoms with Gasteiger partial charge in [0.2, 0.25) is 5.78 Å². The third-order valence-corrected chi connectivity index (χ3v) is 3.66. The van der Waals surface area contributed by atoms with Crippen LogP contribution >= 0.6 is 0 Å². The average molecular weight is 288 g/mol. The molecule has 1 aromatic rings. The Morgan fingerprint density at radius 2 is 2.10 bits per heavy atom. The number of benzene rings is 1. The van der Waals surface area contributed by atoms with Gasteiger partial charge >= 0.3 is 5.97 Å². The minimum absolute atomic E-state index is 0.0801. The Kier molecular flexibility index (Phi) is 3.66. The first kappa shape index (κ1) is 15.3. The smallest absolute Gasteiger partial charge is 0.358 e. The highest BCUT2D eigenvalue weighted by atomic mass is 16.6. The normalized spacial score (nSPS) is 20.7. The molecule has 0 N–H and O–H groups in total. The summed E-state index contributed by atoms with van der Waals surface area (Å²) in [4.78, 5) is 25.1. The number of ether oxygens (including phenoxy) is 2. The summed E-state index contributed by atoms with van der Waals surface area (Å²) in [5, 5.41) is 0. The Morgan fingerprint density at radius 3 is 2.62 bits per heavy atom. The van der Waals surface area contributed by atoms with Crippen LogP contribution in [-0.2, 0) is 14.9 Å². The van der Waals surface area contributed by atoms with E-state index in [0.29, 0.717) is 11.3 Å². The fourth-order valence-electron chi connectivity index (χ4n) is 2.63. The van der Waals surface area contributed by atoms with Crippen LogP contribution in [0.3, 0.4) is 0 Å². The maximum Gasteiger partial charge on any atom is 0.358 e. The lowest BCUT2D eigenvalue weighted by atomic mass is 9.80. The molecule has 4 heteroatoms. The van der Waals surface area contributed by atoms with E-state index in [9.17, 15) is 9.59 Å². The Hall–Kier alpha value is -2.10. The van der Waals surface area contributed by atoms with Crippen LogP contribution in [0.25, 0.3) is 0 Å². The molecule has 0 saturated carbocycles. The van der Waals surface area contributed by atoms with E-state index < -0.39 is 11.6 Å². The Balaban J connectivity index is 2.63. The standard InChI is InChI=1S/C17H20O4/c1-6-10-17(15(19)20-5)14(18)13-11(16(2,3)4)8-7-9-12(13)21-17/h6-9H,1,10H2,2-5H3. The van der Waals surface area contributed by atoms with Crippen LogP contribution in [0.4, 0.5) is 0 Å². The molecule has 2 rings (SSSR count). The van der Waals surface area contributed by atoms with Crippen molar-refractivity contribution in [3.8, 4) is 5.75 Å². The Morgan fingerprint density at radius 1 is 1.43 bits per heavy atom. The van der Waals surface area contributed by atoms with E-state index in [1.54, 1.807) is 6.07 Å².